The van der Waals surface area contributed by atoms with Crippen LogP contribution < -0.4 is 5.32 Å². The van der Waals surface area contributed by atoms with E-state index in [0.29, 0.717) is 0 Å². The number of amides is 1. The standard InChI is InChI=1S/C15H23N5OS/c1-11(2)15(3,10-16)17-13(21)9-22-14-19-18-12-7-5-4-6-8-20(12)14/h11H,4-9H2,1-3H3,(H,17,21)/t15-/m1/s1. The molecule has 0 aromatic carbocycles. The number of aromatic nitrogens is 3. The maximum absolute atomic E-state index is 12.1. The lowest BCUT2D eigenvalue weighted by molar-refractivity contribution is -0.120. The van der Waals surface area contributed by atoms with Gasteiger partial charge in [-0.2, -0.15) is 5.26 Å². The van der Waals surface area contributed by atoms with Crippen molar-refractivity contribution in [3.05, 3.63) is 5.82 Å². The number of hydrogen-bond donors (Lipinski definition) is 1. The van der Waals surface area contributed by atoms with E-state index in [9.17, 15) is 10.1 Å². The highest BCUT2D eigenvalue weighted by atomic mass is 32.2. The molecule has 0 unspecified atom stereocenters. The first-order chi connectivity index (χ1) is 10.5. The first-order valence-electron chi connectivity index (χ1n) is 7.73. The Morgan fingerprint density at radius 2 is 2.23 bits per heavy atom. The van der Waals surface area contributed by atoms with E-state index in [1.54, 1.807) is 6.92 Å². The predicted octanol–water partition coefficient (Wildman–Crippen LogP) is 2.15. The largest absolute Gasteiger partial charge is 0.337 e. The molecule has 1 amide bonds. The van der Waals surface area contributed by atoms with E-state index in [4.69, 9.17) is 0 Å². The van der Waals surface area contributed by atoms with Crippen molar-refractivity contribution in [1.29, 1.82) is 5.26 Å². The molecule has 7 heteroatoms. The average molecular weight is 321 g/mol. The number of hydrogen-bond acceptors (Lipinski definition) is 5. The summed E-state index contributed by atoms with van der Waals surface area (Å²) in [6, 6.07) is 2.19. The first kappa shape index (κ1) is 16.8. The Bertz CT molecular complexity index is 577. The van der Waals surface area contributed by atoms with Crippen LogP contribution in [0.3, 0.4) is 0 Å². The lowest BCUT2D eigenvalue weighted by atomic mass is 9.90. The molecule has 0 aliphatic carbocycles. The Morgan fingerprint density at radius 1 is 1.45 bits per heavy atom. The molecule has 1 aliphatic heterocycles. The Balaban J connectivity index is 1.95. The Morgan fingerprint density at radius 3 is 2.91 bits per heavy atom. The topological polar surface area (TPSA) is 83.6 Å². The molecular formula is C15H23N5OS. The molecule has 1 aromatic heterocycles. The van der Waals surface area contributed by atoms with Crippen molar-refractivity contribution in [2.75, 3.05) is 5.75 Å². The third-order valence-electron chi connectivity index (χ3n) is 4.19. The second-order valence-electron chi connectivity index (χ2n) is 6.17. The third kappa shape index (κ3) is 3.80. The fraction of sp³-hybridized carbons (Fsp3) is 0.733. The minimum Gasteiger partial charge on any atom is -0.337 e. The van der Waals surface area contributed by atoms with Gasteiger partial charge in [0.2, 0.25) is 5.91 Å². The van der Waals surface area contributed by atoms with Gasteiger partial charge in [0.25, 0.3) is 0 Å². The van der Waals surface area contributed by atoms with E-state index < -0.39 is 5.54 Å². The lowest BCUT2D eigenvalue weighted by Gasteiger charge is -2.27. The molecule has 22 heavy (non-hydrogen) atoms. The summed E-state index contributed by atoms with van der Waals surface area (Å²) in [7, 11) is 0. The normalized spacial score (nSPS) is 17.2. The number of nitriles is 1. The Hall–Kier alpha value is -1.55. The molecule has 0 fully saturated rings. The van der Waals surface area contributed by atoms with Gasteiger partial charge in [0.1, 0.15) is 11.4 Å². The molecule has 6 nitrogen and oxygen atoms in total. The van der Waals surface area contributed by atoms with E-state index in [-0.39, 0.29) is 17.6 Å². The van der Waals surface area contributed by atoms with E-state index in [0.717, 1.165) is 36.8 Å². The maximum atomic E-state index is 12.1. The van der Waals surface area contributed by atoms with Gasteiger partial charge in [-0.05, 0) is 25.7 Å². The second kappa shape index (κ2) is 7.14. The van der Waals surface area contributed by atoms with Crippen LogP contribution in [0.4, 0.5) is 0 Å². The predicted molar refractivity (Wildman–Crippen MR) is 85.3 cm³/mol. The molecule has 0 bridgehead atoms. The minimum absolute atomic E-state index is 0.0517. The number of thioether (sulfide) groups is 1. The SMILES string of the molecule is CC(C)[C@@](C)(C#N)NC(=O)CSc1nnc2n1CCCCC2. The van der Waals surface area contributed by atoms with Gasteiger partial charge in [0, 0.05) is 13.0 Å². The van der Waals surface area contributed by atoms with Gasteiger partial charge < -0.3 is 9.88 Å². The maximum Gasteiger partial charge on any atom is 0.231 e. The zero-order valence-electron chi connectivity index (χ0n) is 13.4. The number of fused-ring (bicyclic) bond motifs is 1. The quantitative estimate of drug-likeness (QED) is 0.840. The summed E-state index contributed by atoms with van der Waals surface area (Å²) in [5, 5.41) is 21.3. The van der Waals surface area contributed by atoms with Crippen LogP contribution in [0.1, 0.15) is 45.9 Å². The zero-order chi connectivity index (χ0) is 16.2. The van der Waals surface area contributed by atoms with Gasteiger partial charge >= 0.3 is 0 Å². The third-order valence-corrected chi connectivity index (χ3v) is 5.16. The smallest absolute Gasteiger partial charge is 0.231 e. The Labute approximate surface area is 135 Å². The molecule has 1 N–H and O–H groups in total. The highest BCUT2D eigenvalue weighted by Crippen LogP contribution is 2.22. The summed E-state index contributed by atoms with van der Waals surface area (Å²) in [5.41, 5.74) is -0.834. The van der Waals surface area contributed by atoms with Gasteiger partial charge in [-0.1, -0.05) is 32.0 Å². The summed E-state index contributed by atoms with van der Waals surface area (Å²) in [4.78, 5) is 12.1. The van der Waals surface area contributed by atoms with Crippen LogP contribution in [-0.4, -0.2) is 32.0 Å². The number of nitrogens with zero attached hydrogens (tertiary/aromatic N) is 4. The van der Waals surface area contributed by atoms with Crippen LogP contribution >= 0.6 is 11.8 Å². The van der Waals surface area contributed by atoms with Gasteiger partial charge in [-0.15, -0.1) is 10.2 Å². The fourth-order valence-electron chi connectivity index (χ4n) is 2.32. The van der Waals surface area contributed by atoms with Crippen molar-refractivity contribution >= 4 is 17.7 Å². The fourth-order valence-corrected chi connectivity index (χ4v) is 3.11. The monoisotopic (exact) mass is 321 g/mol. The highest BCUT2D eigenvalue weighted by Gasteiger charge is 2.30. The van der Waals surface area contributed by atoms with Crippen molar-refractivity contribution in [3.63, 3.8) is 0 Å². The number of carbonyl (C=O) groups excluding carboxylic acids is 1. The number of nitrogens with one attached hydrogen (secondary N) is 1. The van der Waals surface area contributed by atoms with Crippen LogP contribution in [0.25, 0.3) is 0 Å². The molecule has 1 aliphatic rings. The lowest BCUT2D eigenvalue weighted by Crippen LogP contribution is -2.49. The molecule has 0 saturated carbocycles. The summed E-state index contributed by atoms with van der Waals surface area (Å²) in [5.74, 6) is 1.18. The van der Waals surface area contributed by atoms with Crippen molar-refractivity contribution in [1.82, 2.24) is 20.1 Å². The molecule has 0 saturated heterocycles. The zero-order valence-corrected chi connectivity index (χ0v) is 14.2. The van der Waals surface area contributed by atoms with Crippen molar-refractivity contribution in [2.45, 2.75) is 63.7 Å². The first-order valence-corrected chi connectivity index (χ1v) is 8.72. The van der Waals surface area contributed by atoms with E-state index in [1.165, 1.54) is 18.2 Å². The Kier molecular flexibility index (Phi) is 5.46. The average Bonchev–Trinajstić information content (AvgIpc) is 2.71. The van der Waals surface area contributed by atoms with Crippen molar-refractivity contribution in [2.24, 2.45) is 5.92 Å². The molecule has 0 spiro atoms. The number of carbonyl (C=O) groups is 1. The van der Waals surface area contributed by atoms with Gasteiger partial charge in [0.05, 0.1) is 11.8 Å². The molecule has 2 heterocycles. The van der Waals surface area contributed by atoms with Crippen LogP contribution in [0.2, 0.25) is 0 Å². The molecular weight excluding hydrogens is 298 g/mol. The van der Waals surface area contributed by atoms with Crippen molar-refractivity contribution < 1.29 is 4.79 Å². The summed E-state index contributed by atoms with van der Waals surface area (Å²) < 4.78 is 2.12. The highest BCUT2D eigenvalue weighted by molar-refractivity contribution is 7.99. The molecule has 1 aromatic rings. The van der Waals surface area contributed by atoms with Gasteiger partial charge in [-0.25, -0.2) is 0 Å². The van der Waals surface area contributed by atoms with Gasteiger partial charge in [0.15, 0.2) is 5.16 Å². The summed E-state index contributed by atoms with van der Waals surface area (Å²) >= 11 is 1.39. The summed E-state index contributed by atoms with van der Waals surface area (Å²) in [6.07, 6.45) is 4.45. The summed E-state index contributed by atoms with van der Waals surface area (Å²) in [6.45, 7) is 6.53. The minimum atomic E-state index is -0.834. The van der Waals surface area contributed by atoms with E-state index in [1.807, 2.05) is 13.8 Å². The van der Waals surface area contributed by atoms with Crippen LogP contribution in [0.5, 0.6) is 0 Å². The van der Waals surface area contributed by atoms with Crippen molar-refractivity contribution in [3.8, 4) is 6.07 Å². The molecule has 1 atom stereocenters. The van der Waals surface area contributed by atoms with Crippen LogP contribution in [-0.2, 0) is 17.8 Å². The van der Waals surface area contributed by atoms with E-state index >= 15 is 0 Å². The number of aryl methyl sites for hydroxylation is 1. The van der Waals surface area contributed by atoms with Gasteiger partial charge in [-0.3, -0.25) is 4.79 Å². The van der Waals surface area contributed by atoms with Crippen LogP contribution in [0, 0.1) is 17.2 Å². The second-order valence-corrected chi connectivity index (χ2v) is 7.11. The molecule has 120 valence electrons. The molecule has 2 rings (SSSR count). The molecule has 0 radical (unpaired) electrons. The van der Waals surface area contributed by atoms with Crippen LogP contribution in [0.15, 0.2) is 5.16 Å². The van der Waals surface area contributed by atoms with E-state index in [2.05, 4.69) is 26.2 Å². The number of rotatable bonds is 5.